The molecule has 1 aromatic rings. The van der Waals surface area contributed by atoms with Gasteiger partial charge in [0.2, 0.25) is 0 Å². The van der Waals surface area contributed by atoms with Crippen LogP contribution in [0, 0.1) is 0 Å². The summed E-state index contributed by atoms with van der Waals surface area (Å²) < 4.78 is -1.29. The van der Waals surface area contributed by atoms with Crippen molar-refractivity contribution in [2.75, 3.05) is 0 Å². The molecule has 0 bridgehead atoms. The molecule has 0 heterocycles. The van der Waals surface area contributed by atoms with Gasteiger partial charge in [-0.15, -0.1) is 0 Å². The standard InChI is InChI=1S/C8H5Cl5/c9-6-2-1-5(3-7(6)10)4-8(11,12)13/h1-3H,4H2. The fourth-order valence-corrected chi connectivity index (χ4v) is 1.66. The van der Waals surface area contributed by atoms with Crippen molar-refractivity contribution in [1.82, 2.24) is 0 Å². The molecule has 5 heteroatoms. The molecule has 1 rings (SSSR count). The fraction of sp³-hybridized carbons (Fsp3) is 0.250. The van der Waals surface area contributed by atoms with E-state index in [2.05, 4.69) is 0 Å². The van der Waals surface area contributed by atoms with Crippen LogP contribution in [0.1, 0.15) is 5.56 Å². The van der Waals surface area contributed by atoms with Gasteiger partial charge in [0.1, 0.15) is 0 Å². The lowest BCUT2D eigenvalue weighted by atomic mass is 10.2. The molecule has 0 saturated carbocycles. The molecule has 0 radical (unpaired) electrons. The smallest absolute Gasteiger partial charge is 0.0833 e. The van der Waals surface area contributed by atoms with Gasteiger partial charge in [0, 0.05) is 6.42 Å². The van der Waals surface area contributed by atoms with Gasteiger partial charge in [-0.25, -0.2) is 0 Å². The summed E-state index contributed by atoms with van der Waals surface area (Å²) in [5, 5.41) is 0.961. The van der Waals surface area contributed by atoms with Crippen molar-refractivity contribution >= 4 is 58.0 Å². The van der Waals surface area contributed by atoms with Gasteiger partial charge in [0.25, 0.3) is 0 Å². The Morgan fingerprint density at radius 1 is 1.00 bits per heavy atom. The average Bonchev–Trinajstić information content (AvgIpc) is 1.94. The van der Waals surface area contributed by atoms with Crippen LogP contribution in [-0.2, 0) is 6.42 Å². The van der Waals surface area contributed by atoms with Crippen molar-refractivity contribution in [2.24, 2.45) is 0 Å². The summed E-state index contributed by atoms with van der Waals surface area (Å²) in [5.74, 6) is 0. The molecule has 0 amide bonds. The van der Waals surface area contributed by atoms with Crippen molar-refractivity contribution in [3.63, 3.8) is 0 Å². The zero-order valence-corrected chi connectivity index (χ0v) is 10.1. The lowest BCUT2D eigenvalue weighted by Crippen LogP contribution is -2.06. The molecule has 0 fully saturated rings. The Morgan fingerprint density at radius 3 is 2.08 bits per heavy atom. The predicted molar refractivity (Wildman–Crippen MR) is 60.5 cm³/mol. The van der Waals surface area contributed by atoms with Crippen LogP contribution in [0.5, 0.6) is 0 Å². The Balaban J connectivity index is 2.86. The second-order valence-corrected chi connectivity index (χ2v) is 5.87. The number of halogens is 5. The highest BCUT2D eigenvalue weighted by Crippen LogP contribution is 2.32. The Morgan fingerprint density at radius 2 is 1.62 bits per heavy atom. The van der Waals surface area contributed by atoms with Gasteiger partial charge in [-0.05, 0) is 17.7 Å². The SMILES string of the molecule is Clc1ccc(CC(Cl)(Cl)Cl)cc1Cl. The number of benzene rings is 1. The average molecular weight is 278 g/mol. The summed E-state index contributed by atoms with van der Waals surface area (Å²) in [6.45, 7) is 0. The summed E-state index contributed by atoms with van der Waals surface area (Å²) in [6, 6.07) is 5.14. The molecule has 13 heavy (non-hydrogen) atoms. The zero-order chi connectivity index (χ0) is 10.1. The lowest BCUT2D eigenvalue weighted by molar-refractivity contribution is 1.02. The first-order valence-corrected chi connectivity index (χ1v) is 5.28. The van der Waals surface area contributed by atoms with Crippen LogP contribution in [0.15, 0.2) is 18.2 Å². The molecule has 0 aliphatic carbocycles. The Labute approximate surface area is 102 Å². The first-order chi connectivity index (χ1) is 5.88. The van der Waals surface area contributed by atoms with E-state index >= 15 is 0 Å². The quantitative estimate of drug-likeness (QED) is 0.641. The maximum atomic E-state index is 5.78. The summed E-state index contributed by atoms with van der Waals surface area (Å²) in [7, 11) is 0. The molecule has 0 aromatic heterocycles. The van der Waals surface area contributed by atoms with Gasteiger partial charge in [0.05, 0.1) is 10.0 Å². The Hall–Kier alpha value is 0.670. The second-order valence-electron chi connectivity index (χ2n) is 2.54. The number of alkyl halides is 3. The van der Waals surface area contributed by atoms with Gasteiger partial charge in [-0.2, -0.15) is 0 Å². The maximum Gasteiger partial charge on any atom is 0.194 e. The number of hydrogen-bond donors (Lipinski definition) is 0. The molecule has 0 aliphatic heterocycles. The molecule has 0 atom stereocenters. The monoisotopic (exact) mass is 276 g/mol. The van der Waals surface area contributed by atoms with E-state index in [0.717, 1.165) is 5.56 Å². The third-order valence-corrected chi connectivity index (χ3v) is 2.53. The van der Waals surface area contributed by atoms with E-state index < -0.39 is 3.79 Å². The number of hydrogen-bond acceptors (Lipinski definition) is 0. The topological polar surface area (TPSA) is 0 Å². The van der Waals surface area contributed by atoms with E-state index in [0.29, 0.717) is 16.5 Å². The lowest BCUT2D eigenvalue weighted by Gasteiger charge is -2.10. The van der Waals surface area contributed by atoms with Gasteiger partial charge in [-0.3, -0.25) is 0 Å². The van der Waals surface area contributed by atoms with E-state index in [1.165, 1.54) is 0 Å². The highest BCUT2D eigenvalue weighted by atomic mass is 35.6. The van der Waals surface area contributed by atoms with Gasteiger partial charge in [-0.1, -0.05) is 64.1 Å². The Bertz CT molecular complexity index is 302. The highest BCUT2D eigenvalue weighted by Gasteiger charge is 2.20. The fourth-order valence-electron chi connectivity index (χ4n) is 0.881. The first-order valence-electron chi connectivity index (χ1n) is 3.39. The summed E-state index contributed by atoms with van der Waals surface area (Å²) in [4.78, 5) is 0. The van der Waals surface area contributed by atoms with Crippen molar-refractivity contribution in [3.8, 4) is 0 Å². The van der Waals surface area contributed by atoms with Crippen molar-refractivity contribution in [1.29, 1.82) is 0 Å². The summed E-state index contributed by atoms with van der Waals surface area (Å²) in [6.07, 6.45) is 0.314. The predicted octanol–water partition coefficient (Wildman–Crippen LogP) is 4.91. The molecule has 0 spiro atoms. The van der Waals surface area contributed by atoms with Gasteiger partial charge < -0.3 is 0 Å². The van der Waals surface area contributed by atoms with Crippen LogP contribution in [-0.4, -0.2) is 3.79 Å². The number of rotatable bonds is 1. The van der Waals surface area contributed by atoms with E-state index in [1.54, 1.807) is 18.2 Å². The second kappa shape index (κ2) is 4.46. The van der Waals surface area contributed by atoms with Crippen molar-refractivity contribution in [3.05, 3.63) is 33.8 Å². The molecule has 0 aliphatic rings. The van der Waals surface area contributed by atoms with E-state index in [4.69, 9.17) is 58.0 Å². The van der Waals surface area contributed by atoms with E-state index in [1.807, 2.05) is 0 Å². The minimum Gasteiger partial charge on any atom is -0.0833 e. The van der Waals surface area contributed by atoms with Crippen LogP contribution < -0.4 is 0 Å². The van der Waals surface area contributed by atoms with Crippen LogP contribution >= 0.6 is 58.0 Å². The van der Waals surface area contributed by atoms with E-state index in [9.17, 15) is 0 Å². The van der Waals surface area contributed by atoms with Gasteiger partial charge >= 0.3 is 0 Å². The molecule has 0 N–H and O–H groups in total. The minimum atomic E-state index is -1.29. The molecule has 0 unspecified atom stereocenters. The zero-order valence-electron chi connectivity index (χ0n) is 6.33. The molecule has 1 aromatic carbocycles. The highest BCUT2D eigenvalue weighted by molar-refractivity contribution is 6.67. The normalized spacial score (nSPS) is 11.8. The summed E-state index contributed by atoms with van der Waals surface area (Å²) >= 11 is 28.3. The largest absolute Gasteiger partial charge is 0.194 e. The third-order valence-electron chi connectivity index (χ3n) is 1.39. The molecule has 0 saturated heterocycles. The maximum absolute atomic E-state index is 5.78. The Kier molecular flexibility index (Phi) is 4.03. The third kappa shape index (κ3) is 4.14. The summed E-state index contributed by atoms with van der Waals surface area (Å²) in [5.41, 5.74) is 0.842. The van der Waals surface area contributed by atoms with Crippen LogP contribution in [0.25, 0.3) is 0 Å². The van der Waals surface area contributed by atoms with Crippen LogP contribution in [0.4, 0.5) is 0 Å². The first kappa shape index (κ1) is 11.7. The minimum absolute atomic E-state index is 0.314. The molecule has 0 nitrogen and oxygen atoms in total. The molecular formula is C8H5Cl5. The van der Waals surface area contributed by atoms with Crippen LogP contribution in [0.2, 0.25) is 10.0 Å². The molecular weight excluding hydrogens is 273 g/mol. The van der Waals surface area contributed by atoms with Crippen molar-refractivity contribution in [2.45, 2.75) is 10.2 Å². The van der Waals surface area contributed by atoms with E-state index in [-0.39, 0.29) is 0 Å². The van der Waals surface area contributed by atoms with Gasteiger partial charge in [0.15, 0.2) is 3.79 Å². The van der Waals surface area contributed by atoms with Crippen molar-refractivity contribution < 1.29 is 0 Å². The van der Waals surface area contributed by atoms with Crippen LogP contribution in [0.3, 0.4) is 0 Å². The molecule has 72 valence electrons.